The van der Waals surface area contributed by atoms with Crippen molar-refractivity contribution in [3.05, 3.63) is 75.2 Å². The Kier molecular flexibility index (Phi) is 4.41. The molecule has 1 aromatic heterocycles. The average Bonchev–Trinajstić information content (AvgIpc) is 2.56. The zero-order valence-corrected chi connectivity index (χ0v) is 14.1. The van der Waals surface area contributed by atoms with Gasteiger partial charge < -0.3 is 0 Å². The van der Waals surface area contributed by atoms with Crippen LogP contribution in [0.3, 0.4) is 0 Å². The molecule has 1 heterocycles. The van der Waals surface area contributed by atoms with Gasteiger partial charge >= 0.3 is 0 Å². The van der Waals surface area contributed by atoms with Crippen LogP contribution in [0.1, 0.15) is 31.7 Å². The molecule has 0 spiro atoms. The van der Waals surface area contributed by atoms with Crippen LogP contribution in [-0.4, -0.2) is 4.57 Å². The Morgan fingerprint density at radius 3 is 2.58 bits per heavy atom. The number of rotatable bonds is 3. The molecule has 124 valence electrons. The van der Waals surface area contributed by atoms with Crippen molar-refractivity contribution in [2.24, 2.45) is 0 Å². The van der Waals surface area contributed by atoms with Gasteiger partial charge in [-0.15, -0.1) is 0 Å². The van der Waals surface area contributed by atoms with Gasteiger partial charge in [0.1, 0.15) is 17.3 Å². The van der Waals surface area contributed by atoms with Gasteiger partial charge in [-0.3, -0.25) is 9.36 Å². The van der Waals surface area contributed by atoms with Crippen molar-refractivity contribution in [3.63, 3.8) is 0 Å². The minimum atomic E-state index is -0.601. The quantitative estimate of drug-likeness (QED) is 0.618. The number of nitrogens with zero attached hydrogens (tertiary/aromatic N) is 1. The smallest absolute Gasteiger partial charge is 0.263 e. The van der Waals surface area contributed by atoms with E-state index in [2.05, 4.69) is 0 Å². The second-order valence-electron chi connectivity index (χ2n) is 5.83. The molecule has 0 fully saturated rings. The van der Waals surface area contributed by atoms with Gasteiger partial charge in [-0.2, -0.15) is 0 Å². The van der Waals surface area contributed by atoms with Crippen molar-refractivity contribution in [1.82, 2.24) is 4.57 Å². The summed E-state index contributed by atoms with van der Waals surface area (Å²) in [5, 5.41) is 1.02. The first-order chi connectivity index (χ1) is 11.4. The maximum Gasteiger partial charge on any atom is 0.263 e. The molecule has 0 amide bonds. The van der Waals surface area contributed by atoms with Crippen LogP contribution in [0.4, 0.5) is 8.78 Å². The van der Waals surface area contributed by atoms with Gasteiger partial charge in [0.15, 0.2) is 0 Å². The molecule has 0 N–H and O–H groups in total. The molecule has 0 aliphatic carbocycles. The number of benzene rings is 2. The number of hydrogen-bond acceptors (Lipinski definition) is 1. The van der Waals surface area contributed by atoms with E-state index in [9.17, 15) is 13.6 Å². The fraction of sp³-hybridized carbons (Fsp3) is 0.211. The fourth-order valence-electron chi connectivity index (χ4n) is 2.84. The molecule has 0 radical (unpaired) electrons. The lowest BCUT2D eigenvalue weighted by molar-refractivity contribution is 0.615. The molecule has 24 heavy (non-hydrogen) atoms. The van der Waals surface area contributed by atoms with Crippen molar-refractivity contribution < 1.29 is 8.78 Å². The van der Waals surface area contributed by atoms with E-state index >= 15 is 0 Å². The molecule has 1 atom stereocenters. The van der Waals surface area contributed by atoms with Gasteiger partial charge in [0.05, 0.1) is 10.4 Å². The van der Waals surface area contributed by atoms with E-state index in [0.29, 0.717) is 5.39 Å². The maximum atomic E-state index is 14.3. The average molecular weight is 348 g/mol. The van der Waals surface area contributed by atoms with Crippen LogP contribution in [0.2, 0.25) is 5.02 Å². The lowest BCUT2D eigenvalue weighted by Crippen LogP contribution is -2.21. The van der Waals surface area contributed by atoms with E-state index in [1.165, 1.54) is 34.9 Å². The Morgan fingerprint density at radius 2 is 1.92 bits per heavy atom. The lowest BCUT2D eigenvalue weighted by Gasteiger charge is -2.17. The van der Waals surface area contributed by atoms with Gasteiger partial charge in [-0.05, 0) is 47.6 Å². The van der Waals surface area contributed by atoms with Gasteiger partial charge in [0, 0.05) is 6.20 Å². The lowest BCUT2D eigenvalue weighted by atomic mass is 9.95. The van der Waals surface area contributed by atoms with Crippen LogP contribution in [0.15, 0.2) is 47.4 Å². The Balaban J connectivity index is 2.46. The molecule has 0 bridgehead atoms. The number of pyridine rings is 1. The van der Waals surface area contributed by atoms with Crippen molar-refractivity contribution in [2.45, 2.75) is 26.2 Å². The number of hydrogen-bond donors (Lipinski definition) is 0. The van der Waals surface area contributed by atoms with Crippen molar-refractivity contribution in [3.8, 4) is 5.69 Å². The summed E-state index contributed by atoms with van der Waals surface area (Å²) in [6, 6.07) is 8.35. The summed E-state index contributed by atoms with van der Waals surface area (Å²) in [6.45, 7) is 4.03. The number of fused-ring (bicyclic) bond motifs is 1. The SMILES string of the molecule is CCC(C)c1cn(-c2c(F)cccc2Cl)c(=O)c2cc(F)ccc12. The van der Waals surface area contributed by atoms with E-state index < -0.39 is 17.2 Å². The van der Waals surface area contributed by atoms with Crippen LogP contribution >= 0.6 is 11.6 Å². The summed E-state index contributed by atoms with van der Waals surface area (Å²) < 4.78 is 29.1. The zero-order valence-electron chi connectivity index (χ0n) is 13.3. The zero-order chi connectivity index (χ0) is 17.4. The first-order valence-electron chi connectivity index (χ1n) is 7.73. The summed E-state index contributed by atoms with van der Waals surface area (Å²) >= 11 is 6.11. The van der Waals surface area contributed by atoms with E-state index in [1.807, 2.05) is 13.8 Å². The third-order valence-electron chi connectivity index (χ3n) is 4.33. The minimum Gasteiger partial charge on any atom is -0.279 e. The number of halogens is 3. The molecule has 1 unspecified atom stereocenters. The maximum absolute atomic E-state index is 14.3. The third kappa shape index (κ3) is 2.71. The van der Waals surface area contributed by atoms with Crippen LogP contribution in [0.5, 0.6) is 0 Å². The normalized spacial score (nSPS) is 12.5. The highest BCUT2D eigenvalue weighted by atomic mass is 35.5. The van der Waals surface area contributed by atoms with Crippen LogP contribution in [0, 0.1) is 11.6 Å². The Bertz CT molecular complexity index is 961. The van der Waals surface area contributed by atoms with Crippen molar-refractivity contribution in [1.29, 1.82) is 0 Å². The number of para-hydroxylation sites is 1. The Morgan fingerprint density at radius 1 is 1.17 bits per heavy atom. The highest BCUT2D eigenvalue weighted by molar-refractivity contribution is 6.32. The molecule has 2 aromatic carbocycles. The Hall–Kier alpha value is -2.20. The van der Waals surface area contributed by atoms with Crippen molar-refractivity contribution in [2.75, 3.05) is 0 Å². The predicted molar refractivity (Wildman–Crippen MR) is 93.2 cm³/mol. The first kappa shape index (κ1) is 16.7. The van der Waals surface area contributed by atoms with Gasteiger partial charge in [-0.25, -0.2) is 8.78 Å². The molecule has 3 rings (SSSR count). The summed E-state index contributed by atoms with van der Waals surface area (Å²) in [4.78, 5) is 12.8. The fourth-order valence-corrected chi connectivity index (χ4v) is 3.09. The third-order valence-corrected chi connectivity index (χ3v) is 4.64. The molecule has 2 nitrogen and oxygen atoms in total. The summed E-state index contributed by atoms with van der Waals surface area (Å²) in [7, 11) is 0. The molecule has 0 saturated carbocycles. The summed E-state index contributed by atoms with van der Waals surface area (Å²) in [5.41, 5.74) is 0.342. The van der Waals surface area contributed by atoms with Crippen LogP contribution < -0.4 is 5.56 Å². The molecule has 5 heteroatoms. The van der Waals surface area contributed by atoms with Crippen molar-refractivity contribution >= 4 is 22.4 Å². The second-order valence-corrected chi connectivity index (χ2v) is 6.24. The summed E-state index contributed by atoms with van der Waals surface area (Å²) in [5.74, 6) is -0.988. The predicted octanol–water partition coefficient (Wildman–Crippen LogP) is 5.44. The largest absolute Gasteiger partial charge is 0.279 e. The second kappa shape index (κ2) is 6.36. The molecule has 0 aliphatic heterocycles. The van der Waals surface area contributed by atoms with Crippen LogP contribution in [-0.2, 0) is 0 Å². The summed E-state index contributed by atoms with van der Waals surface area (Å²) in [6.07, 6.45) is 2.44. The highest BCUT2D eigenvalue weighted by Crippen LogP contribution is 2.29. The van der Waals surface area contributed by atoms with Gasteiger partial charge in [-0.1, -0.05) is 37.6 Å². The van der Waals surface area contributed by atoms with Crippen LogP contribution in [0.25, 0.3) is 16.5 Å². The van der Waals surface area contributed by atoms with E-state index in [-0.39, 0.29) is 22.0 Å². The first-order valence-corrected chi connectivity index (χ1v) is 8.11. The van der Waals surface area contributed by atoms with E-state index in [0.717, 1.165) is 12.0 Å². The standard InChI is InChI=1S/C19H16ClF2NO/c1-3-11(2)15-10-23(18-16(20)5-4-6-17(18)22)19(24)14-9-12(21)7-8-13(14)15/h4-11H,3H2,1-2H3. The monoisotopic (exact) mass is 347 g/mol. The molecular formula is C19H16ClF2NO. The molecule has 0 aliphatic rings. The van der Waals surface area contributed by atoms with Gasteiger partial charge in [0.2, 0.25) is 0 Å². The molecular weight excluding hydrogens is 332 g/mol. The highest BCUT2D eigenvalue weighted by Gasteiger charge is 2.18. The minimum absolute atomic E-state index is 0.0140. The van der Waals surface area contributed by atoms with E-state index in [4.69, 9.17) is 11.6 Å². The topological polar surface area (TPSA) is 22.0 Å². The molecule has 0 saturated heterocycles. The number of aromatic nitrogens is 1. The Labute approximate surface area is 143 Å². The molecule has 3 aromatic rings. The van der Waals surface area contributed by atoms with E-state index in [1.54, 1.807) is 12.3 Å². The van der Waals surface area contributed by atoms with Gasteiger partial charge in [0.25, 0.3) is 5.56 Å².